The van der Waals surface area contributed by atoms with Crippen LogP contribution in [-0.2, 0) is 9.47 Å². The van der Waals surface area contributed by atoms with Crippen molar-refractivity contribution in [2.24, 2.45) is 0 Å². The van der Waals surface area contributed by atoms with Crippen molar-refractivity contribution in [1.82, 2.24) is 14.5 Å². The average molecular weight is 294 g/mol. The molecule has 3 N–H and O–H groups in total. The first-order valence-corrected chi connectivity index (χ1v) is 6.84. The summed E-state index contributed by atoms with van der Waals surface area (Å²) in [7, 11) is 0. The molecule has 0 aromatic carbocycles. The lowest BCUT2D eigenvalue weighted by atomic mass is 10.2. The molecule has 21 heavy (non-hydrogen) atoms. The van der Waals surface area contributed by atoms with Gasteiger partial charge in [-0.1, -0.05) is 0 Å². The van der Waals surface area contributed by atoms with E-state index in [9.17, 15) is 9.90 Å². The van der Waals surface area contributed by atoms with Crippen LogP contribution < -0.4 is 11.4 Å². The largest absolute Gasteiger partial charge is 0.393 e. The van der Waals surface area contributed by atoms with Gasteiger partial charge in [0.15, 0.2) is 6.23 Å². The molecule has 2 aliphatic heterocycles. The minimum absolute atomic E-state index is 0.137. The molecule has 1 saturated heterocycles. The lowest BCUT2D eigenvalue weighted by Crippen LogP contribution is -2.39. The number of nitrogen functional groups attached to an aromatic ring is 1. The van der Waals surface area contributed by atoms with Crippen LogP contribution in [0.2, 0.25) is 0 Å². The summed E-state index contributed by atoms with van der Waals surface area (Å²) in [5, 5.41) is 9.32. The van der Waals surface area contributed by atoms with Gasteiger partial charge >= 0.3 is 5.69 Å². The van der Waals surface area contributed by atoms with E-state index in [2.05, 4.69) is 9.88 Å². The Labute approximate surface area is 121 Å². The maximum absolute atomic E-state index is 12.0. The molecule has 1 aromatic rings. The second-order valence-corrected chi connectivity index (χ2v) is 4.94. The van der Waals surface area contributed by atoms with Gasteiger partial charge < -0.3 is 25.2 Å². The fraction of sp³-hybridized carbons (Fsp3) is 0.538. The highest BCUT2D eigenvalue weighted by molar-refractivity contribution is 5.24. The molecule has 0 aliphatic carbocycles. The maximum Gasteiger partial charge on any atom is 0.351 e. The minimum Gasteiger partial charge on any atom is -0.393 e. The topological polar surface area (TPSA) is 103 Å². The van der Waals surface area contributed by atoms with E-state index >= 15 is 0 Å². The first kappa shape index (κ1) is 14.1. The van der Waals surface area contributed by atoms with E-state index in [0.717, 1.165) is 18.8 Å². The van der Waals surface area contributed by atoms with E-state index in [1.54, 1.807) is 12.3 Å². The Hall–Kier alpha value is -1.90. The molecule has 1 fully saturated rings. The molecule has 114 valence electrons. The molecular weight excluding hydrogens is 276 g/mol. The second kappa shape index (κ2) is 5.84. The Morgan fingerprint density at radius 2 is 2.19 bits per heavy atom. The number of hydrogen-bond acceptors (Lipinski definition) is 7. The quantitative estimate of drug-likeness (QED) is 0.731. The van der Waals surface area contributed by atoms with Gasteiger partial charge in [-0.25, -0.2) is 4.79 Å². The molecule has 3 heterocycles. The van der Waals surface area contributed by atoms with Crippen LogP contribution in [0.3, 0.4) is 0 Å². The van der Waals surface area contributed by atoms with Crippen molar-refractivity contribution in [1.29, 1.82) is 0 Å². The molecule has 0 bridgehead atoms. The van der Waals surface area contributed by atoms with Crippen LogP contribution in [0.4, 0.5) is 5.82 Å². The van der Waals surface area contributed by atoms with Gasteiger partial charge in [0.2, 0.25) is 0 Å². The van der Waals surface area contributed by atoms with Crippen molar-refractivity contribution in [3.8, 4) is 0 Å². The molecule has 3 rings (SSSR count). The molecule has 8 heteroatoms. The number of aliphatic hydroxyl groups is 1. The van der Waals surface area contributed by atoms with Crippen LogP contribution in [-0.4, -0.2) is 58.6 Å². The van der Waals surface area contributed by atoms with Gasteiger partial charge in [0.1, 0.15) is 11.9 Å². The highest BCUT2D eigenvalue weighted by Crippen LogP contribution is 2.30. The molecule has 0 saturated carbocycles. The van der Waals surface area contributed by atoms with E-state index in [1.165, 1.54) is 4.57 Å². The van der Waals surface area contributed by atoms with Crippen LogP contribution in [0.25, 0.3) is 0 Å². The summed E-state index contributed by atoms with van der Waals surface area (Å²) in [6, 6.07) is 1.55. The summed E-state index contributed by atoms with van der Waals surface area (Å²) in [5.74, 6) is 0.171. The fourth-order valence-electron chi connectivity index (χ4n) is 2.54. The van der Waals surface area contributed by atoms with Crippen molar-refractivity contribution in [2.45, 2.75) is 12.3 Å². The van der Waals surface area contributed by atoms with Crippen LogP contribution in [0.15, 0.2) is 28.8 Å². The molecule has 1 aromatic heterocycles. The summed E-state index contributed by atoms with van der Waals surface area (Å²) < 4.78 is 12.5. The number of ether oxygens (including phenoxy) is 2. The monoisotopic (exact) mass is 294 g/mol. The van der Waals surface area contributed by atoms with Gasteiger partial charge in [-0.15, -0.1) is 0 Å². The van der Waals surface area contributed by atoms with Crippen molar-refractivity contribution in [2.75, 3.05) is 38.6 Å². The lowest BCUT2D eigenvalue weighted by Gasteiger charge is -2.32. The average Bonchev–Trinajstić information content (AvgIpc) is 2.92. The van der Waals surface area contributed by atoms with Gasteiger partial charge in [0.05, 0.1) is 25.5 Å². The van der Waals surface area contributed by atoms with Crippen molar-refractivity contribution in [3.63, 3.8) is 0 Å². The van der Waals surface area contributed by atoms with Gasteiger partial charge in [-0.3, -0.25) is 4.57 Å². The summed E-state index contributed by atoms with van der Waals surface area (Å²) in [4.78, 5) is 17.8. The predicted octanol–water partition coefficient (Wildman–Crippen LogP) is -1.07. The standard InChI is InChI=1S/C13H18N4O4/c14-11-1-2-17(13(19)15-11)12-10(7-9(8-18)21-12)16-3-5-20-6-4-16/h1-2,7,9,12,18H,3-6,8H2,(H2,14,15,19)/t9-,12+/m0/s1. The van der Waals surface area contributed by atoms with Crippen molar-refractivity contribution in [3.05, 3.63) is 34.5 Å². The fourth-order valence-corrected chi connectivity index (χ4v) is 2.54. The Balaban J connectivity index is 1.92. The summed E-state index contributed by atoms with van der Waals surface area (Å²) in [6.07, 6.45) is 2.38. The van der Waals surface area contributed by atoms with Crippen LogP contribution in [0.5, 0.6) is 0 Å². The third-order valence-corrected chi connectivity index (χ3v) is 3.57. The highest BCUT2D eigenvalue weighted by Gasteiger charge is 2.33. The van der Waals surface area contributed by atoms with E-state index < -0.39 is 18.0 Å². The van der Waals surface area contributed by atoms with Crippen LogP contribution >= 0.6 is 0 Å². The normalized spacial score (nSPS) is 26.0. The molecule has 8 nitrogen and oxygen atoms in total. The van der Waals surface area contributed by atoms with E-state index in [0.29, 0.717) is 13.2 Å². The van der Waals surface area contributed by atoms with Crippen LogP contribution in [0, 0.1) is 0 Å². The molecule has 0 amide bonds. The minimum atomic E-state index is -0.596. The molecule has 0 radical (unpaired) electrons. The van der Waals surface area contributed by atoms with E-state index in [4.69, 9.17) is 15.2 Å². The van der Waals surface area contributed by atoms with Gasteiger partial charge in [-0.2, -0.15) is 4.98 Å². The Kier molecular flexibility index (Phi) is 3.91. The zero-order valence-corrected chi connectivity index (χ0v) is 11.5. The Morgan fingerprint density at radius 3 is 2.86 bits per heavy atom. The number of nitrogens with two attached hydrogens (primary N) is 1. The SMILES string of the molecule is Nc1ccn([C@@H]2O[C@H](CO)C=C2N2CCOCC2)c(=O)n1. The number of nitrogens with zero attached hydrogens (tertiary/aromatic N) is 3. The summed E-state index contributed by atoms with van der Waals surface area (Å²) in [6.45, 7) is 2.56. The Bertz CT molecular complexity index is 594. The van der Waals surface area contributed by atoms with E-state index in [1.807, 2.05) is 6.08 Å². The number of aromatic nitrogens is 2. The molecule has 0 spiro atoms. The van der Waals surface area contributed by atoms with Crippen LogP contribution in [0.1, 0.15) is 6.23 Å². The Morgan fingerprint density at radius 1 is 1.43 bits per heavy atom. The first-order chi connectivity index (χ1) is 10.2. The second-order valence-electron chi connectivity index (χ2n) is 4.94. The number of aliphatic hydroxyl groups excluding tert-OH is 1. The zero-order chi connectivity index (χ0) is 14.8. The molecule has 0 unspecified atom stereocenters. The summed E-state index contributed by atoms with van der Waals surface area (Å²) in [5.41, 5.74) is 5.89. The van der Waals surface area contributed by atoms with E-state index in [-0.39, 0.29) is 12.4 Å². The number of rotatable bonds is 3. The predicted molar refractivity (Wildman–Crippen MR) is 74.4 cm³/mol. The number of hydrogen-bond donors (Lipinski definition) is 2. The van der Waals surface area contributed by atoms with Gasteiger partial charge in [0, 0.05) is 19.3 Å². The molecular formula is C13H18N4O4. The van der Waals surface area contributed by atoms with Crippen molar-refractivity contribution >= 4 is 5.82 Å². The smallest absolute Gasteiger partial charge is 0.351 e. The van der Waals surface area contributed by atoms with Gasteiger partial charge in [0.25, 0.3) is 0 Å². The third-order valence-electron chi connectivity index (χ3n) is 3.57. The van der Waals surface area contributed by atoms with Gasteiger partial charge in [-0.05, 0) is 12.1 Å². The first-order valence-electron chi connectivity index (χ1n) is 6.84. The zero-order valence-electron chi connectivity index (χ0n) is 11.5. The third kappa shape index (κ3) is 2.78. The lowest BCUT2D eigenvalue weighted by molar-refractivity contribution is -0.0315. The number of morpholine rings is 1. The maximum atomic E-state index is 12.0. The summed E-state index contributed by atoms with van der Waals surface area (Å²) >= 11 is 0. The highest BCUT2D eigenvalue weighted by atomic mass is 16.5. The molecule has 2 aliphatic rings. The number of anilines is 1. The van der Waals surface area contributed by atoms with Crippen molar-refractivity contribution < 1.29 is 14.6 Å². The molecule has 2 atom stereocenters.